The van der Waals surface area contributed by atoms with E-state index in [9.17, 15) is 4.79 Å². The highest BCUT2D eigenvalue weighted by atomic mass is 35.5. The second kappa shape index (κ2) is 4.57. The molecule has 0 aromatic heterocycles. The molecule has 0 unspecified atom stereocenters. The monoisotopic (exact) mass is 179 g/mol. The van der Waals surface area contributed by atoms with Gasteiger partial charge in [-0.1, -0.05) is 0 Å². The lowest BCUT2D eigenvalue weighted by Crippen LogP contribution is -2.06. The Morgan fingerprint density at radius 3 is 2.82 bits per heavy atom. The van der Waals surface area contributed by atoms with E-state index in [2.05, 4.69) is 4.74 Å². The van der Waals surface area contributed by atoms with Gasteiger partial charge in [-0.3, -0.25) is 4.79 Å². The maximum atomic E-state index is 10.8. The molecule has 2 atom stereocenters. The third kappa shape index (κ3) is 2.67. The summed E-state index contributed by atoms with van der Waals surface area (Å²) < 4.78 is 4.57. The summed E-state index contributed by atoms with van der Waals surface area (Å²) in [5.41, 5.74) is 5.32. The van der Waals surface area contributed by atoms with Gasteiger partial charge in [0, 0.05) is 0 Å². The Balaban J connectivity index is 0.000001000. The summed E-state index contributed by atoms with van der Waals surface area (Å²) in [7, 11) is 1.43. The molecule has 0 saturated heterocycles. The third-order valence-electron chi connectivity index (χ3n) is 1.96. The minimum atomic E-state index is -0.0709. The number of hydrogen-bond acceptors (Lipinski definition) is 3. The molecule has 3 nitrogen and oxygen atoms in total. The lowest BCUT2D eigenvalue weighted by atomic mass is 10.2. The summed E-state index contributed by atoms with van der Waals surface area (Å²) in [6, 6.07) is 0. The summed E-state index contributed by atoms with van der Waals surface area (Å²) in [4.78, 5) is 10.8. The highest BCUT2D eigenvalue weighted by Gasteiger charge is 2.42. The Bertz CT molecular complexity index is 140. The lowest BCUT2D eigenvalue weighted by molar-refractivity contribution is -0.142. The van der Waals surface area contributed by atoms with Crippen LogP contribution in [0.4, 0.5) is 0 Å². The van der Waals surface area contributed by atoms with E-state index in [1.807, 2.05) is 0 Å². The van der Waals surface area contributed by atoms with Crippen LogP contribution >= 0.6 is 12.4 Å². The van der Waals surface area contributed by atoms with E-state index in [1.54, 1.807) is 0 Å². The van der Waals surface area contributed by atoms with Gasteiger partial charge in [-0.2, -0.15) is 0 Å². The number of methoxy groups -OCH3 is 1. The second-order valence-corrected chi connectivity index (χ2v) is 2.70. The van der Waals surface area contributed by atoms with Crippen LogP contribution in [0.25, 0.3) is 0 Å². The number of rotatable bonds is 3. The first kappa shape index (κ1) is 10.7. The molecule has 1 aliphatic carbocycles. The van der Waals surface area contributed by atoms with Gasteiger partial charge in [-0.15, -0.1) is 12.4 Å². The summed E-state index contributed by atoms with van der Waals surface area (Å²) >= 11 is 0. The zero-order valence-corrected chi connectivity index (χ0v) is 7.39. The number of carbonyl (C=O) groups is 1. The maximum absolute atomic E-state index is 10.8. The second-order valence-electron chi connectivity index (χ2n) is 2.70. The van der Waals surface area contributed by atoms with Gasteiger partial charge in [-0.05, 0) is 25.3 Å². The van der Waals surface area contributed by atoms with E-state index in [0.717, 1.165) is 12.8 Å². The van der Waals surface area contributed by atoms with Gasteiger partial charge in [0.15, 0.2) is 0 Å². The van der Waals surface area contributed by atoms with Crippen molar-refractivity contribution in [2.75, 3.05) is 13.7 Å². The van der Waals surface area contributed by atoms with E-state index < -0.39 is 0 Å². The molecular formula is C7H14ClNO2. The molecule has 4 heteroatoms. The Morgan fingerprint density at radius 1 is 1.73 bits per heavy atom. The highest BCUT2D eigenvalue weighted by Crippen LogP contribution is 2.41. The van der Waals surface area contributed by atoms with Crippen molar-refractivity contribution in [3.63, 3.8) is 0 Å². The molecule has 0 bridgehead atoms. The predicted molar refractivity (Wildman–Crippen MR) is 44.5 cm³/mol. The van der Waals surface area contributed by atoms with Gasteiger partial charge < -0.3 is 10.5 Å². The standard InChI is InChI=1S/C7H13NO2.ClH/c1-10-7(9)6-4-5(6)2-3-8;/h5-6H,2-4,8H2,1H3;1H/t5-,6-;/m1./s1. The Morgan fingerprint density at radius 2 is 2.36 bits per heavy atom. The molecule has 1 aliphatic rings. The van der Waals surface area contributed by atoms with Crippen LogP contribution in [0.3, 0.4) is 0 Å². The van der Waals surface area contributed by atoms with Gasteiger partial charge >= 0.3 is 5.97 Å². The number of nitrogens with two attached hydrogens (primary N) is 1. The molecule has 0 heterocycles. The van der Waals surface area contributed by atoms with Crippen molar-refractivity contribution in [2.45, 2.75) is 12.8 Å². The number of halogens is 1. The van der Waals surface area contributed by atoms with Gasteiger partial charge in [0.2, 0.25) is 0 Å². The molecular weight excluding hydrogens is 166 g/mol. The molecule has 0 radical (unpaired) electrons. The summed E-state index contributed by atoms with van der Waals surface area (Å²) in [6.45, 7) is 0.679. The van der Waals surface area contributed by atoms with E-state index in [1.165, 1.54) is 7.11 Å². The first-order valence-electron chi connectivity index (χ1n) is 3.57. The summed E-state index contributed by atoms with van der Waals surface area (Å²) in [6.07, 6.45) is 1.93. The van der Waals surface area contributed by atoms with Gasteiger partial charge in [0.25, 0.3) is 0 Å². The molecule has 2 N–H and O–H groups in total. The Hall–Kier alpha value is -0.280. The van der Waals surface area contributed by atoms with E-state index in [-0.39, 0.29) is 24.3 Å². The van der Waals surface area contributed by atoms with Crippen molar-refractivity contribution < 1.29 is 9.53 Å². The highest BCUT2D eigenvalue weighted by molar-refractivity contribution is 5.85. The minimum absolute atomic E-state index is 0. The molecule has 0 aromatic carbocycles. The number of ether oxygens (including phenoxy) is 1. The van der Waals surface area contributed by atoms with Crippen LogP contribution in [0, 0.1) is 11.8 Å². The molecule has 1 fully saturated rings. The van der Waals surface area contributed by atoms with E-state index in [4.69, 9.17) is 5.73 Å². The number of hydrogen-bond donors (Lipinski definition) is 1. The van der Waals surface area contributed by atoms with Gasteiger partial charge in [0.1, 0.15) is 0 Å². The Labute approximate surface area is 72.7 Å². The number of carbonyl (C=O) groups excluding carboxylic acids is 1. The molecule has 66 valence electrons. The zero-order chi connectivity index (χ0) is 7.56. The molecule has 1 rings (SSSR count). The van der Waals surface area contributed by atoms with E-state index >= 15 is 0 Å². The zero-order valence-electron chi connectivity index (χ0n) is 6.58. The number of esters is 1. The van der Waals surface area contributed by atoms with Crippen LogP contribution in [-0.2, 0) is 9.53 Å². The largest absolute Gasteiger partial charge is 0.469 e. The van der Waals surface area contributed by atoms with Crippen LogP contribution in [0.5, 0.6) is 0 Å². The van der Waals surface area contributed by atoms with Crippen LogP contribution < -0.4 is 5.73 Å². The summed E-state index contributed by atoms with van der Waals surface area (Å²) in [5, 5.41) is 0. The molecule has 1 saturated carbocycles. The third-order valence-corrected chi connectivity index (χ3v) is 1.96. The molecule has 0 aromatic rings. The van der Waals surface area contributed by atoms with Gasteiger partial charge in [-0.25, -0.2) is 0 Å². The molecule has 0 aliphatic heterocycles. The van der Waals surface area contributed by atoms with Gasteiger partial charge in [0.05, 0.1) is 13.0 Å². The molecule has 0 amide bonds. The van der Waals surface area contributed by atoms with Crippen molar-refractivity contribution >= 4 is 18.4 Å². The van der Waals surface area contributed by atoms with E-state index in [0.29, 0.717) is 12.5 Å². The van der Waals surface area contributed by atoms with Crippen molar-refractivity contribution in [1.82, 2.24) is 0 Å². The van der Waals surface area contributed by atoms with Crippen molar-refractivity contribution in [1.29, 1.82) is 0 Å². The fourth-order valence-electron chi connectivity index (χ4n) is 1.22. The fraction of sp³-hybridized carbons (Fsp3) is 0.857. The molecule has 0 spiro atoms. The first-order chi connectivity index (χ1) is 4.79. The van der Waals surface area contributed by atoms with Crippen LogP contribution in [-0.4, -0.2) is 19.6 Å². The van der Waals surface area contributed by atoms with Crippen LogP contribution in [0.15, 0.2) is 0 Å². The SMILES string of the molecule is COC(=O)[C@@H]1C[C@H]1CCN.Cl. The smallest absolute Gasteiger partial charge is 0.308 e. The van der Waals surface area contributed by atoms with Crippen LogP contribution in [0.2, 0.25) is 0 Å². The summed E-state index contributed by atoms with van der Waals surface area (Å²) in [5.74, 6) is 0.601. The minimum Gasteiger partial charge on any atom is -0.469 e. The molecule has 11 heavy (non-hydrogen) atoms. The Kier molecular flexibility index (Phi) is 4.45. The quantitative estimate of drug-likeness (QED) is 0.645. The predicted octanol–water partition coefficient (Wildman–Crippen LogP) is 0.566. The van der Waals surface area contributed by atoms with Crippen molar-refractivity contribution in [3.05, 3.63) is 0 Å². The van der Waals surface area contributed by atoms with Crippen molar-refractivity contribution in [2.24, 2.45) is 17.6 Å². The average molecular weight is 180 g/mol. The maximum Gasteiger partial charge on any atom is 0.308 e. The topological polar surface area (TPSA) is 52.3 Å². The normalized spacial score (nSPS) is 27.1. The fourth-order valence-corrected chi connectivity index (χ4v) is 1.22. The first-order valence-corrected chi connectivity index (χ1v) is 3.57. The average Bonchev–Trinajstić information content (AvgIpc) is 2.67. The lowest BCUT2D eigenvalue weighted by Gasteiger charge is -1.95. The van der Waals surface area contributed by atoms with Crippen molar-refractivity contribution in [3.8, 4) is 0 Å². The van der Waals surface area contributed by atoms with Crippen LogP contribution in [0.1, 0.15) is 12.8 Å².